The number of anilines is 3. The Bertz CT molecular complexity index is 1490. The topological polar surface area (TPSA) is 140 Å². The van der Waals surface area contributed by atoms with Crippen LogP contribution in [0.3, 0.4) is 0 Å². The molecule has 228 valence electrons. The van der Waals surface area contributed by atoms with Crippen molar-refractivity contribution in [3.8, 4) is 17.7 Å². The number of benzene rings is 1. The average molecular weight is 588 g/mol. The Balaban J connectivity index is 1.29. The first-order valence-corrected chi connectivity index (χ1v) is 14.7. The Labute approximate surface area is 252 Å². The summed E-state index contributed by atoms with van der Waals surface area (Å²) in [7, 11) is 5.47. The molecule has 4 N–H and O–H groups in total. The molecule has 3 heterocycles. The smallest absolute Gasteiger partial charge is 0.246 e. The van der Waals surface area contributed by atoms with E-state index in [1.807, 2.05) is 43.3 Å². The molecule has 0 aliphatic carbocycles. The van der Waals surface area contributed by atoms with Crippen LogP contribution < -0.4 is 20.7 Å². The molecule has 4 rings (SSSR count). The van der Waals surface area contributed by atoms with Crippen LogP contribution in [-0.4, -0.2) is 95.2 Å². The maximum absolute atomic E-state index is 12.8. The van der Waals surface area contributed by atoms with Gasteiger partial charge < -0.3 is 30.5 Å². The summed E-state index contributed by atoms with van der Waals surface area (Å²) in [6.07, 6.45) is 8.84. The number of unbranched alkanes of at least 4 members (excludes halogenated alkanes) is 1. The van der Waals surface area contributed by atoms with Gasteiger partial charge in [-0.15, -0.1) is 5.10 Å². The lowest BCUT2D eigenvalue weighted by Gasteiger charge is -2.22. The van der Waals surface area contributed by atoms with Gasteiger partial charge in [0.2, 0.25) is 23.6 Å². The molecule has 0 radical (unpaired) electrons. The lowest BCUT2D eigenvalue weighted by atomic mass is 10.2. The predicted molar refractivity (Wildman–Crippen MR) is 168 cm³/mol. The number of nitrogens with zero attached hydrogens (tertiary/aromatic N) is 5. The number of fused-ring (bicyclic) bond motifs is 1. The number of hydrogen-bond acceptors (Lipinski definition) is 9. The minimum absolute atomic E-state index is 0.104. The third kappa shape index (κ3) is 8.68. The van der Waals surface area contributed by atoms with Crippen LogP contribution in [0.25, 0.3) is 10.9 Å². The summed E-state index contributed by atoms with van der Waals surface area (Å²) in [6, 6.07) is 5.35. The number of carbonyl (C=O) groups is 2. The highest BCUT2D eigenvalue weighted by Crippen LogP contribution is 2.26. The van der Waals surface area contributed by atoms with Crippen molar-refractivity contribution in [2.24, 2.45) is 0 Å². The van der Waals surface area contributed by atoms with Crippen LogP contribution in [0.15, 0.2) is 36.5 Å². The van der Waals surface area contributed by atoms with Crippen molar-refractivity contribution < 1.29 is 14.3 Å². The van der Waals surface area contributed by atoms with Crippen LogP contribution in [0.4, 0.5) is 17.5 Å². The molecule has 2 amide bonds. The third-order valence-electron chi connectivity index (χ3n) is 6.88. The first kappa shape index (κ1) is 31.3. The molecule has 43 heavy (non-hydrogen) atoms. The van der Waals surface area contributed by atoms with Crippen LogP contribution in [-0.2, 0) is 9.59 Å². The van der Waals surface area contributed by atoms with Crippen molar-refractivity contribution in [1.29, 1.82) is 0 Å². The summed E-state index contributed by atoms with van der Waals surface area (Å²) in [6.45, 7) is 4.62. The number of methoxy groups -OCH3 is 1. The largest absolute Gasteiger partial charge is 0.480 e. The number of aromatic nitrogens is 4. The second-order valence-electron chi connectivity index (χ2n) is 10.6. The SMILES string of the molecule is CCCNc1nc(Nc2ccc3c(OC)n[nH]c3c2)ncc1C#CCCCNC(=O)[C@@H]1CCCN1C(=O)/C=C/CN(C)C. The standard InChI is InChI=1S/C31H41N9O3/c1-5-16-32-28-22(21-34-31(36-28)35-23-14-15-24-25(20-23)37-38-30(24)43-4)11-7-6-8-17-33-29(42)26-12-9-19-40(26)27(41)13-10-18-39(2)3/h10,13-15,20-21,26H,5-6,8-9,12,16-19H2,1-4H3,(H,33,42)(H,37,38)(H2,32,34,35,36)/b13-10+/t26-/m0/s1. The first-order valence-electron chi connectivity index (χ1n) is 14.7. The minimum atomic E-state index is -0.414. The molecule has 1 aliphatic rings. The molecule has 1 atom stereocenters. The number of carbonyl (C=O) groups excluding carboxylic acids is 2. The van der Waals surface area contributed by atoms with Gasteiger partial charge >= 0.3 is 0 Å². The molecule has 0 unspecified atom stereocenters. The van der Waals surface area contributed by atoms with E-state index in [9.17, 15) is 9.59 Å². The summed E-state index contributed by atoms with van der Waals surface area (Å²) < 4.78 is 5.26. The van der Waals surface area contributed by atoms with Gasteiger partial charge in [-0.25, -0.2) is 4.98 Å². The summed E-state index contributed by atoms with van der Waals surface area (Å²) in [5, 5.41) is 17.6. The summed E-state index contributed by atoms with van der Waals surface area (Å²) >= 11 is 0. The van der Waals surface area contributed by atoms with E-state index in [-0.39, 0.29) is 11.8 Å². The maximum Gasteiger partial charge on any atom is 0.246 e. The van der Waals surface area contributed by atoms with Crippen molar-refractivity contribution in [2.75, 3.05) is 58.0 Å². The van der Waals surface area contributed by atoms with Crippen molar-refractivity contribution >= 4 is 40.2 Å². The van der Waals surface area contributed by atoms with E-state index in [1.165, 1.54) is 0 Å². The first-order chi connectivity index (χ1) is 20.9. The zero-order valence-electron chi connectivity index (χ0n) is 25.4. The maximum atomic E-state index is 12.8. The van der Waals surface area contributed by atoms with Gasteiger partial charge in [0.15, 0.2) is 0 Å². The molecule has 12 nitrogen and oxygen atoms in total. The Kier molecular flexibility index (Phi) is 11.3. The van der Waals surface area contributed by atoms with Crippen molar-refractivity contribution in [3.05, 3.63) is 42.1 Å². The molecule has 1 aromatic carbocycles. The summed E-state index contributed by atoms with van der Waals surface area (Å²) in [5.41, 5.74) is 2.36. The van der Waals surface area contributed by atoms with Gasteiger partial charge in [0.25, 0.3) is 0 Å². The van der Waals surface area contributed by atoms with E-state index >= 15 is 0 Å². The highest BCUT2D eigenvalue weighted by Gasteiger charge is 2.32. The van der Waals surface area contributed by atoms with E-state index in [1.54, 1.807) is 24.3 Å². The lowest BCUT2D eigenvalue weighted by Crippen LogP contribution is -2.45. The van der Waals surface area contributed by atoms with E-state index in [2.05, 4.69) is 54.9 Å². The molecule has 12 heteroatoms. The van der Waals surface area contributed by atoms with Gasteiger partial charge in [0, 0.05) is 44.4 Å². The van der Waals surface area contributed by atoms with E-state index in [0.717, 1.165) is 36.0 Å². The zero-order chi connectivity index (χ0) is 30.6. The predicted octanol–water partition coefficient (Wildman–Crippen LogP) is 3.28. The lowest BCUT2D eigenvalue weighted by molar-refractivity contribution is -0.135. The quantitative estimate of drug-likeness (QED) is 0.135. The van der Waals surface area contributed by atoms with Gasteiger partial charge in [-0.05, 0) is 58.0 Å². The summed E-state index contributed by atoms with van der Waals surface area (Å²) in [4.78, 5) is 38.1. The molecular formula is C31H41N9O3. The number of nitrogens with one attached hydrogen (secondary N) is 4. The molecule has 1 aliphatic heterocycles. The average Bonchev–Trinajstić information content (AvgIpc) is 3.65. The second-order valence-corrected chi connectivity index (χ2v) is 10.6. The summed E-state index contributed by atoms with van der Waals surface area (Å²) in [5.74, 6) is 7.79. The molecule has 0 bridgehead atoms. The number of ether oxygens (including phenoxy) is 1. The third-order valence-corrected chi connectivity index (χ3v) is 6.88. The highest BCUT2D eigenvalue weighted by molar-refractivity contribution is 5.93. The fraction of sp³-hybridized carbons (Fsp3) is 0.452. The van der Waals surface area contributed by atoms with Gasteiger partial charge in [-0.1, -0.05) is 24.8 Å². The van der Waals surface area contributed by atoms with Crippen LogP contribution in [0.2, 0.25) is 0 Å². The molecule has 2 aromatic heterocycles. The minimum Gasteiger partial charge on any atom is -0.480 e. The van der Waals surface area contributed by atoms with E-state index in [0.29, 0.717) is 62.1 Å². The number of hydrogen-bond donors (Lipinski definition) is 4. The van der Waals surface area contributed by atoms with Crippen molar-refractivity contribution in [2.45, 2.75) is 45.1 Å². The Morgan fingerprint density at radius 2 is 2.14 bits per heavy atom. The monoisotopic (exact) mass is 587 g/mol. The molecule has 0 spiro atoms. The number of H-pyrrole nitrogens is 1. The van der Waals surface area contributed by atoms with Crippen LogP contribution in [0, 0.1) is 11.8 Å². The van der Waals surface area contributed by atoms with Gasteiger partial charge in [-0.2, -0.15) is 4.98 Å². The molecule has 0 saturated carbocycles. The van der Waals surface area contributed by atoms with Gasteiger partial charge in [0.05, 0.1) is 29.8 Å². The van der Waals surface area contributed by atoms with Gasteiger partial charge in [-0.3, -0.25) is 14.7 Å². The normalized spacial score (nSPS) is 14.6. The number of amides is 2. The molecular weight excluding hydrogens is 546 g/mol. The van der Waals surface area contributed by atoms with Crippen LogP contribution >= 0.6 is 0 Å². The number of likely N-dealkylation sites (N-methyl/N-ethyl adjacent to an activating group) is 1. The number of rotatable bonds is 13. The van der Waals surface area contributed by atoms with Gasteiger partial charge in [0.1, 0.15) is 11.9 Å². The fourth-order valence-corrected chi connectivity index (χ4v) is 4.70. The molecule has 1 saturated heterocycles. The van der Waals surface area contributed by atoms with E-state index < -0.39 is 6.04 Å². The molecule has 3 aromatic rings. The van der Waals surface area contributed by atoms with E-state index in [4.69, 9.17) is 4.74 Å². The van der Waals surface area contributed by atoms with Crippen LogP contribution in [0.5, 0.6) is 5.88 Å². The van der Waals surface area contributed by atoms with Crippen molar-refractivity contribution in [3.63, 3.8) is 0 Å². The second kappa shape index (κ2) is 15.6. The Hall–Kier alpha value is -4.63. The Morgan fingerprint density at radius 1 is 1.28 bits per heavy atom. The zero-order valence-corrected chi connectivity index (χ0v) is 25.4. The Morgan fingerprint density at radius 3 is 2.93 bits per heavy atom. The van der Waals surface area contributed by atoms with Crippen LogP contribution in [0.1, 0.15) is 44.6 Å². The number of likely N-dealkylation sites (tertiary alicyclic amines) is 1. The number of aromatic amines is 1. The fourth-order valence-electron chi connectivity index (χ4n) is 4.70. The van der Waals surface area contributed by atoms with Crippen molar-refractivity contribution in [1.82, 2.24) is 35.3 Å². The highest BCUT2D eigenvalue weighted by atomic mass is 16.5. The molecule has 1 fully saturated rings.